The number of aromatic nitrogens is 2. The molecule has 1 aliphatic carbocycles. The summed E-state index contributed by atoms with van der Waals surface area (Å²) in [5, 5.41) is 16.4. The number of carbonyl (C=O) groups is 2. The zero-order chi connectivity index (χ0) is 18.1. The van der Waals surface area contributed by atoms with Gasteiger partial charge < -0.3 is 10.4 Å². The van der Waals surface area contributed by atoms with Crippen LogP contribution in [0.4, 0.5) is 0 Å². The lowest BCUT2D eigenvalue weighted by Crippen LogP contribution is -2.24. The van der Waals surface area contributed by atoms with Crippen molar-refractivity contribution in [2.24, 2.45) is 7.05 Å². The second-order valence-electron chi connectivity index (χ2n) is 5.41. The molecule has 0 bridgehead atoms. The van der Waals surface area contributed by atoms with Gasteiger partial charge in [0.25, 0.3) is 5.91 Å². The Labute approximate surface area is 156 Å². The Balaban J connectivity index is 1.92. The number of aryl methyl sites for hydroxylation is 1. The number of carboxylic acid groups (broad SMARTS) is 1. The third kappa shape index (κ3) is 3.38. The van der Waals surface area contributed by atoms with Gasteiger partial charge in [-0.25, -0.2) is 4.79 Å². The van der Waals surface area contributed by atoms with Gasteiger partial charge in [0.2, 0.25) is 0 Å². The average Bonchev–Trinajstić information content (AvgIpc) is 3.12. The smallest absolute Gasteiger partial charge is 0.338 e. The SMILES string of the molecule is Cn1ncc(C(=O)NC2=C(C(=O)O)C(c3ccc(Br)cc3)=CC2)c1Cl. The number of amides is 1. The van der Waals surface area contributed by atoms with Crippen LogP contribution in [-0.2, 0) is 11.8 Å². The van der Waals surface area contributed by atoms with Gasteiger partial charge in [-0.2, -0.15) is 5.10 Å². The lowest BCUT2D eigenvalue weighted by atomic mass is 10.0. The molecule has 0 spiro atoms. The maximum Gasteiger partial charge on any atom is 0.338 e. The van der Waals surface area contributed by atoms with Crippen LogP contribution in [0.2, 0.25) is 5.15 Å². The van der Waals surface area contributed by atoms with Crippen molar-refractivity contribution in [1.82, 2.24) is 15.1 Å². The van der Waals surface area contributed by atoms with Crippen LogP contribution in [0.5, 0.6) is 0 Å². The summed E-state index contributed by atoms with van der Waals surface area (Å²) < 4.78 is 2.26. The van der Waals surface area contributed by atoms with Gasteiger partial charge in [-0.15, -0.1) is 0 Å². The van der Waals surface area contributed by atoms with Crippen molar-refractivity contribution in [1.29, 1.82) is 0 Å². The molecule has 2 aromatic rings. The molecule has 0 saturated carbocycles. The fourth-order valence-corrected chi connectivity index (χ4v) is 3.04. The van der Waals surface area contributed by atoms with E-state index >= 15 is 0 Å². The van der Waals surface area contributed by atoms with Gasteiger partial charge >= 0.3 is 5.97 Å². The Morgan fingerprint density at radius 3 is 2.56 bits per heavy atom. The van der Waals surface area contributed by atoms with E-state index in [1.807, 2.05) is 24.3 Å². The Hall–Kier alpha value is -2.38. The Bertz CT molecular complexity index is 929. The van der Waals surface area contributed by atoms with Crippen LogP contribution in [0.1, 0.15) is 22.3 Å². The number of carboxylic acids is 1. The topological polar surface area (TPSA) is 84.2 Å². The second kappa shape index (κ2) is 6.85. The van der Waals surface area contributed by atoms with Crippen LogP contribution in [0.3, 0.4) is 0 Å². The number of aliphatic carboxylic acids is 1. The number of carbonyl (C=O) groups excluding carboxylic acids is 1. The van der Waals surface area contributed by atoms with E-state index in [1.165, 1.54) is 10.9 Å². The van der Waals surface area contributed by atoms with E-state index in [1.54, 1.807) is 13.1 Å². The lowest BCUT2D eigenvalue weighted by Gasteiger charge is -2.10. The first kappa shape index (κ1) is 17.4. The Morgan fingerprint density at radius 1 is 1.32 bits per heavy atom. The quantitative estimate of drug-likeness (QED) is 0.791. The van der Waals surface area contributed by atoms with Crippen LogP contribution in [0.25, 0.3) is 5.57 Å². The molecule has 0 saturated heterocycles. The highest BCUT2D eigenvalue weighted by Crippen LogP contribution is 2.33. The molecule has 0 fully saturated rings. The minimum Gasteiger partial charge on any atom is -0.478 e. The molecule has 0 atom stereocenters. The van der Waals surface area contributed by atoms with Crippen LogP contribution in [0, 0.1) is 0 Å². The third-order valence-electron chi connectivity index (χ3n) is 3.83. The maximum atomic E-state index is 12.4. The summed E-state index contributed by atoms with van der Waals surface area (Å²) in [4.78, 5) is 24.1. The monoisotopic (exact) mass is 421 g/mol. The van der Waals surface area contributed by atoms with Crippen molar-refractivity contribution >= 4 is 45.0 Å². The largest absolute Gasteiger partial charge is 0.478 e. The molecule has 1 amide bonds. The summed E-state index contributed by atoms with van der Waals surface area (Å²) in [5.41, 5.74) is 1.95. The fourth-order valence-electron chi connectivity index (χ4n) is 2.60. The van der Waals surface area contributed by atoms with Crippen molar-refractivity contribution in [2.45, 2.75) is 6.42 Å². The van der Waals surface area contributed by atoms with Crippen LogP contribution < -0.4 is 5.32 Å². The minimum absolute atomic E-state index is 0.0793. The van der Waals surface area contributed by atoms with Gasteiger partial charge in [0, 0.05) is 23.6 Å². The number of nitrogens with one attached hydrogen (secondary N) is 1. The van der Waals surface area contributed by atoms with Gasteiger partial charge in [0.05, 0.1) is 17.3 Å². The molecule has 128 valence electrons. The zero-order valence-corrected chi connectivity index (χ0v) is 15.4. The summed E-state index contributed by atoms with van der Waals surface area (Å²) in [7, 11) is 1.61. The van der Waals surface area contributed by atoms with Gasteiger partial charge in [-0.3, -0.25) is 9.48 Å². The van der Waals surface area contributed by atoms with E-state index in [4.69, 9.17) is 11.6 Å². The first-order chi connectivity index (χ1) is 11.9. The minimum atomic E-state index is -1.10. The molecule has 0 unspecified atom stereocenters. The molecule has 1 aliphatic rings. The summed E-state index contributed by atoms with van der Waals surface area (Å²) in [6.07, 6.45) is 3.44. The molecule has 0 radical (unpaired) electrons. The fraction of sp³-hybridized carbons (Fsp3) is 0.118. The Kier molecular flexibility index (Phi) is 4.78. The van der Waals surface area contributed by atoms with Gasteiger partial charge in [0.15, 0.2) is 0 Å². The molecule has 1 aromatic carbocycles. The Morgan fingerprint density at radius 2 is 2.00 bits per heavy atom. The van der Waals surface area contributed by atoms with E-state index < -0.39 is 11.9 Å². The van der Waals surface area contributed by atoms with Crippen LogP contribution >= 0.6 is 27.5 Å². The molecule has 1 aromatic heterocycles. The molecular formula is C17H13BrClN3O3. The van der Waals surface area contributed by atoms with Gasteiger partial charge in [-0.05, 0) is 23.3 Å². The first-order valence-corrected chi connectivity index (χ1v) is 8.47. The van der Waals surface area contributed by atoms with Gasteiger partial charge in [0.1, 0.15) is 5.15 Å². The summed E-state index contributed by atoms with van der Waals surface area (Å²) in [5.74, 6) is -1.59. The molecule has 1 heterocycles. The molecule has 3 rings (SSSR count). The lowest BCUT2D eigenvalue weighted by molar-refractivity contribution is -0.132. The van der Waals surface area contributed by atoms with Crippen molar-refractivity contribution in [3.63, 3.8) is 0 Å². The van der Waals surface area contributed by atoms with Crippen molar-refractivity contribution in [3.8, 4) is 0 Å². The van der Waals surface area contributed by atoms with Crippen LogP contribution in [0.15, 0.2) is 52.3 Å². The maximum absolute atomic E-state index is 12.4. The number of halogens is 2. The van der Waals surface area contributed by atoms with E-state index in [0.29, 0.717) is 17.7 Å². The van der Waals surface area contributed by atoms with Gasteiger partial charge in [-0.1, -0.05) is 45.7 Å². The number of benzene rings is 1. The third-order valence-corrected chi connectivity index (χ3v) is 4.80. The second-order valence-corrected chi connectivity index (χ2v) is 6.69. The van der Waals surface area contributed by atoms with E-state index in [-0.39, 0.29) is 16.3 Å². The van der Waals surface area contributed by atoms with E-state index in [9.17, 15) is 14.7 Å². The summed E-state index contributed by atoms with van der Waals surface area (Å²) >= 11 is 9.37. The highest BCUT2D eigenvalue weighted by molar-refractivity contribution is 9.10. The number of rotatable bonds is 4. The molecule has 0 aliphatic heterocycles. The predicted molar refractivity (Wildman–Crippen MR) is 97.1 cm³/mol. The predicted octanol–water partition coefficient (Wildman–Crippen LogP) is 3.39. The molecule has 6 nitrogen and oxygen atoms in total. The van der Waals surface area contributed by atoms with Crippen molar-refractivity contribution in [2.75, 3.05) is 0 Å². The average molecular weight is 423 g/mol. The summed E-state index contributed by atoms with van der Waals surface area (Å²) in [6, 6.07) is 7.31. The molecule has 2 N–H and O–H groups in total. The molecule has 8 heteroatoms. The highest BCUT2D eigenvalue weighted by atomic mass is 79.9. The normalized spacial score (nSPS) is 13.8. The summed E-state index contributed by atoms with van der Waals surface area (Å²) in [6.45, 7) is 0. The van der Waals surface area contributed by atoms with Crippen molar-refractivity contribution < 1.29 is 14.7 Å². The molecule has 25 heavy (non-hydrogen) atoms. The standard InChI is InChI=1S/C17H13BrClN3O3/c1-22-15(19)12(8-20-22)16(23)21-13-7-6-11(14(13)17(24)25)9-2-4-10(18)5-3-9/h2-6,8H,7H2,1H3,(H,21,23)(H,24,25). The number of allylic oxidation sites excluding steroid dienone is 1. The van der Waals surface area contributed by atoms with Crippen molar-refractivity contribution in [3.05, 3.63) is 68.6 Å². The van der Waals surface area contributed by atoms with E-state index in [2.05, 4.69) is 26.3 Å². The number of nitrogens with zero attached hydrogens (tertiary/aromatic N) is 2. The zero-order valence-electron chi connectivity index (χ0n) is 13.1. The molecular weight excluding hydrogens is 410 g/mol. The number of hydrogen-bond donors (Lipinski definition) is 2. The number of hydrogen-bond acceptors (Lipinski definition) is 3. The van der Waals surface area contributed by atoms with Crippen LogP contribution in [-0.4, -0.2) is 26.8 Å². The van der Waals surface area contributed by atoms with E-state index in [0.717, 1.165) is 10.0 Å². The highest BCUT2D eigenvalue weighted by Gasteiger charge is 2.27. The first-order valence-electron chi connectivity index (χ1n) is 7.30.